The van der Waals surface area contributed by atoms with Gasteiger partial charge in [-0.1, -0.05) is 18.2 Å². The number of piperidine rings is 1. The van der Waals surface area contributed by atoms with Gasteiger partial charge in [-0.25, -0.2) is 9.97 Å². The first-order chi connectivity index (χ1) is 11.5. The summed E-state index contributed by atoms with van der Waals surface area (Å²) in [7, 11) is 1.65. The van der Waals surface area contributed by atoms with E-state index >= 15 is 0 Å². The minimum absolute atomic E-state index is 0.329. The van der Waals surface area contributed by atoms with Gasteiger partial charge in [0.1, 0.15) is 11.6 Å². The van der Waals surface area contributed by atoms with E-state index in [2.05, 4.69) is 9.97 Å². The van der Waals surface area contributed by atoms with Crippen molar-refractivity contribution in [3.63, 3.8) is 0 Å². The second kappa shape index (κ2) is 6.67. The maximum Gasteiger partial charge on any atom is 0.451 e. The van der Waals surface area contributed by atoms with Crippen molar-refractivity contribution in [3.05, 3.63) is 47.9 Å². The molecule has 1 fully saturated rings. The minimum Gasteiger partial charge on any atom is -0.496 e. The van der Waals surface area contributed by atoms with Crippen LogP contribution in [0.15, 0.2) is 36.5 Å². The van der Waals surface area contributed by atoms with E-state index in [9.17, 15) is 13.2 Å². The molecule has 2 heterocycles. The largest absolute Gasteiger partial charge is 0.496 e. The second-order valence-corrected chi connectivity index (χ2v) is 5.74. The van der Waals surface area contributed by atoms with Crippen LogP contribution in [0.25, 0.3) is 0 Å². The normalized spacial score (nSPS) is 16.2. The summed E-state index contributed by atoms with van der Waals surface area (Å²) in [5.74, 6) is 0.432. The molecule has 0 atom stereocenters. The molecular weight excluding hydrogens is 319 g/mol. The predicted octanol–water partition coefficient (Wildman–Crippen LogP) is 3.89. The number of methoxy groups -OCH3 is 1. The number of nitrogens with zero attached hydrogens (tertiary/aromatic N) is 3. The number of alkyl halides is 3. The van der Waals surface area contributed by atoms with Crippen LogP contribution >= 0.6 is 0 Å². The van der Waals surface area contributed by atoms with Gasteiger partial charge >= 0.3 is 6.18 Å². The number of para-hydroxylation sites is 1. The molecule has 1 aromatic carbocycles. The fraction of sp³-hybridized carbons (Fsp3) is 0.412. The molecule has 1 saturated heterocycles. The quantitative estimate of drug-likeness (QED) is 0.852. The fourth-order valence-electron chi connectivity index (χ4n) is 3.09. The molecule has 1 aliphatic rings. The molecular formula is C17H18F3N3O. The third-order valence-corrected chi connectivity index (χ3v) is 4.29. The molecule has 1 aromatic heterocycles. The highest BCUT2D eigenvalue weighted by molar-refractivity contribution is 5.41. The average molecular weight is 337 g/mol. The van der Waals surface area contributed by atoms with E-state index in [0.717, 1.165) is 30.4 Å². The minimum atomic E-state index is -4.52. The summed E-state index contributed by atoms with van der Waals surface area (Å²) in [5.41, 5.74) is 1.15. The van der Waals surface area contributed by atoms with Crippen LogP contribution in [0.4, 0.5) is 19.0 Å². The van der Waals surface area contributed by atoms with E-state index in [1.165, 1.54) is 6.07 Å². The van der Waals surface area contributed by atoms with Gasteiger partial charge in [0, 0.05) is 19.3 Å². The Kier molecular flexibility index (Phi) is 4.59. The maximum absolute atomic E-state index is 12.7. The Morgan fingerprint density at radius 2 is 1.83 bits per heavy atom. The summed E-state index contributed by atoms with van der Waals surface area (Å²) in [6, 6.07) is 9.41. The molecule has 24 heavy (non-hydrogen) atoms. The van der Waals surface area contributed by atoms with E-state index in [1.54, 1.807) is 7.11 Å². The third kappa shape index (κ3) is 3.44. The van der Waals surface area contributed by atoms with E-state index in [-0.39, 0.29) is 0 Å². The van der Waals surface area contributed by atoms with Crippen LogP contribution in [0.2, 0.25) is 0 Å². The number of anilines is 1. The average Bonchev–Trinajstić information content (AvgIpc) is 2.61. The van der Waals surface area contributed by atoms with Crippen molar-refractivity contribution in [1.82, 2.24) is 9.97 Å². The molecule has 0 saturated carbocycles. The van der Waals surface area contributed by atoms with Gasteiger partial charge in [-0.3, -0.25) is 0 Å². The number of ether oxygens (including phenoxy) is 1. The first-order valence-corrected chi connectivity index (χ1v) is 7.77. The molecule has 0 spiro atoms. The Hall–Kier alpha value is -2.31. The Morgan fingerprint density at radius 3 is 2.50 bits per heavy atom. The molecule has 0 amide bonds. The standard InChI is InChI=1S/C17H18F3N3O/c1-24-14-5-3-2-4-13(14)12-7-10-23(11-8-12)15-6-9-21-16(22-15)17(18,19)20/h2-6,9,12H,7-8,10-11H2,1H3. The van der Waals surface area contributed by atoms with Crippen molar-refractivity contribution < 1.29 is 17.9 Å². The van der Waals surface area contributed by atoms with Gasteiger partial charge in [-0.2, -0.15) is 13.2 Å². The lowest BCUT2D eigenvalue weighted by Crippen LogP contribution is -2.34. The van der Waals surface area contributed by atoms with Crippen LogP contribution in [0.5, 0.6) is 5.75 Å². The molecule has 0 N–H and O–H groups in total. The van der Waals surface area contributed by atoms with E-state index in [0.29, 0.717) is 24.8 Å². The Morgan fingerprint density at radius 1 is 1.12 bits per heavy atom. The number of hydrogen-bond donors (Lipinski definition) is 0. The van der Waals surface area contributed by atoms with E-state index < -0.39 is 12.0 Å². The van der Waals surface area contributed by atoms with Gasteiger partial charge in [0.15, 0.2) is 0 Å². The van der Waals surface area contributed by atoms with Crippen LogP contribution in [-0.4, -0.2) is 30.2 Å². The Labute approximate surface area is 138 Å². The molecule has 4 nitrogen and oxygen atoms in total. The molecule has 7 heteroatoms. The molecule has 2 aromatic rings. The highest BCUT2D eigenvalue weighted by Crippen LogP contribution is 2.35. The van der Waals surface area contributed by atoms with Crippen molar-refractivity contribution in [2.24, 2.45) is 0 Å². The molecule has 0 unspecified atom stereocenters. The molecule has 3 rings (SSSR count). The van der Waals surface area contributed by atoms with Crippen LogP contribution in [0.1, 0.15) is 30.1 Å². The maximum atomic E-state index is 12.7. The van der Waals surface area contributed by atoms with E-state index in [4.69, 9.17) is 4.74 Å². The van der Waals surface area contributed by atoms with E-state index in [1.807, 2.05) is 29.2 Å². The lowest BCUT2D eigenvalue weighted by molar-refractivity contribution is -0.144. The molecule has 0 bridgehead atoms. The summed E-state index contributed by atoms with van der Waals surface area (Å²) in [6.07, 6.45) is -1.68. The lowest BCUT2D eigenvalue weighted by atomic mass is 9.89. The third-order valence-electron chi connectivity index (χ3n) is 4.29. The van der Waals surface area contributed by atoms with Crippen LogP contribution in [-0.2, 0) is 6.18 Å². The number of benzene rings is 1. The summed E-state index contributed by atoms with van der Waals surface area (Å²) in [5, 5.41) is 0. The molecule has 1 aliphatic heterocycles. The first-order valence-electron chi connectivity index (χ1n) is 7.77. The highest BCUT2D eigenvalue weighted by atomic mass is 19.4. The number of halogens is 3. The van der Waals surface area contributed by atoms with Crippen LogP contribution in [0.3, 0.4) is 0 Å². The Balaban J connectivity index is 1.71. The van der Waals surface area contributed by atoms with Crippen molar-refractivity contribution in [1.29, 1.82) is 0 Å². The number of rotatable bonds is 3. The zero-order chi connectivity index (χ0) is 17.2. The summed E-state index contributed by atoms with van der Waals surface area (Å²) >= 11 is 0. The molecule has 0 radical (unpaired) electrons. The van der Waals surface area contributed by atoms with Crippen LogP contribution < -0.4 is 9.64 Å². The zero-order valence-corrected chi connectivity index (χ0v) is 13.3. The van der Waals surface area contributed by atoms with Gasteiger partial charge < -0.3 is 9.64 Å². The van der Waals surface area contributed by atoms with Gasteiger partial charge in [0.05, 0.1) is 7.11 Å². The number of aromatic nitrogens is 2. The first kappa shape index (κ1) is 16.5. The summed E-state index contributed by atoms with van der Waals surface area (Å²) in [4.78, 5) is 8.85. The van der Waals surface area contributed by atoms with Gasteiger partial charge in [0.25, 0.3) is 0 Å². The smallest absolute Gasteiger partial charge is 0.451 e. The SMILES string of the molecule is COc1ccccc1C1CCN(c2ccnc(C(F)(F)F)n2)CC1. The molecule has 128 valence electrons. The predicted molar refractivity (Wildman–Crippen MR) is 84.2 cm³/mol. The molecule has 0 aliphatic carbocycles. The monoisotopic (exact) mass is 337 g/mol. The van der Waals surface area contributed by atoms with Gasteiger partial charge in [0.2, 0.25) is 5.82 Å². The zero-order valence-electron chi connectivity index (χ0n) is 13.3. The summed E-state index contributed by atoms with van der Waals surface area (Å²) < 4.78 is 43.6. The van der Waals surface area contributed by atoms with Crippen molar-refractivity contribution >= 4 is 5.82 Å². The van der Waals surface area contributed by atoms with Crippen molar-refractivity contribution in [2.45, 2.75) is 24.9 Å². The van der Waals surface area contributed by atoms with Crippen molar-refractivity contribution in [2.75, 3.05) is 25.1 Å². The summed E-state index contributed by atoms with van der Waals surface area (Å²) in [6.45, 7) is 1.30. The Bertz CT molecular complexity index is 697. The highest BCUT2D eigenvalue weighted by Gasteiger charge is 2.35. The van der Waals surface area contributed by atoms with Gasteiger partial charge in [-0.15, -0.1) is 0 Å². The second-order valence-electron chi connectivity index (χ2n) is 5.74. The fourth-order valence-corrected chi connectivity index (χ4v) is 3.09. The topological polar surface area (TPSA) is 38.2 Å². The number of hydrogen-bond acceptors (Lipinski definition) is 4. The van der Waals surface area contributed by atoms with Gasteiger partial charge in [-0.05, 0) is 36.5 Å². The van der Waals surface area contributed by atoms with Crippen LogP contribution in [0, 0.1) is 0 Å². The van der Waals surface area contributed by atoms with Crippen molar-refractivity contribution in [3.8, 4) is 5.75 Å². The lowest BCUT2D eigenvalue weighted by Gasteiger charge is -2.33.